The normalized spacial score (nSPS) is 12.2. The highest BCUT2D eigenvalue weighted by atomic mass is 35.5. The van der Waals surface area contributed by atoms with E-state index in [9.17, 15) is 18.0 Å². The van der Waals surface area contributed by atoms with Crippen LogP contribution in [0.15, 0.2) is 42.5 Å². The molecule has 0 saturated heterocycles. The minimum atomic E-state index is -3.77. The molecule has 2 rings (SSSR count). The minimum absolute atomic E-state index is 0.0166. The third kappa shape index (κ3) is 7.89. The lowest BCUT2D eigenvalue weighted by Crippen LogP contribution is -2.51. The summed E-state index contributed by atoms with van der Waals surface area (Å²) in [6.45, 7) is 5.55. The highest BCUT2D eigenvalue weighted by Crippen LogP contribution is 2.24. The van der Waals surface area contributed by atoms with Gasteiger partial charge in [-0.05, 0) is 50.1 Å². The molecule has 10 heteroatoms. The van der Waals surface area contributed by atoms with Crippen LogP contribution in [0.1, 0.15) is 37.8 Å². The van der Waals surface area contributed by atoms with Crippen molar-refractivity contribution in [3.63, 3.8) is 0 Å². The molecule has 0 radical (unpaired) electrons. The van der Waals surface area contributed by atoms with E-state index in [4.69, 9.17) is 23.2 Å². The van der Waals surface area contributed by atoms with Crippen molar-refractivity contribution in [3.05, 3.63) is 63.6 Å². The molecule has 0 aliphatic rings. The van der Waals surface area contributed by atoms with Crippen molar-refractivity contribution < 1.29 is 18.0 Å². The SMILES string of the molecule is CCCCNC(=O)C(C)N(Cc1ccc(Cl)cc1Cl)C(=O)CN(c1ccc(C)cc1)S(C)(=O)=O. The van der Waals surface area contributed by atoms with Crippen LogP contribution in [-0.2, 0) is 26.2 Å². The van der Waals surface area contributed by atoms with Crippen molar-refractivity contribution in [2.24, 2.45) is 0 Å². The Kier molecular flexibility index (Phi) is 10.2. The molecule has 0 spiro atoms. The van der Waals surface area contributed by atoms with Gasteiger partial charge in [0.05, 0.1) is 11.9 Å². The number of hydrogen-bond acceptors (Lipinski definition) is 4. The van der Waals surface area contributed by atoms with Gasteiger partial charge in [0, 0.05) is 23.1 Å². The summed E-state index contributed by atoms with van der Waals surface area (Å²) < 4.78 is 26.1. The van der Waals surface area contributed by atoms with Crippen LogP contribution < -0.4 is 9.62 Å². The largest absolute Gasteiger partial charge is 0.354 e. The zero-order valence-corrected chi connectivity index (χ0v) is 22.2. The van der Waals surface area contributed by atoms with Gasteiger partial charge in [-0.1, -0.05) is 60.3 Å². The number of nitrogens with one attached hydrogen (secondary N) is 1. The summed E-state index contributed by atoms with van der Waals surface area (Å²) in [6, 6.07) is 10.9. The second-order valence-corrected chi connectivity index (χ2v) is 10.9. The Morgan fingerprint density at radius 3 is 2.29 bits per heavy atom. The second kappa shape index (κ2) is 12.4. The maximum absolute atomic E-state index is 13.5. The number of aryl methyl sites for hydroxylation is 1. The molecule has 0 bridgehead atoms. The number of anilines is 1. The predicted octanol–water partition coefficient (Wildman–Crippen LogP) is 4.40. The number of sulfonamides is 1. The molecule has 2 aromatic carbocycles. The molecule has 1 atom stereocenters. The van der Waals surface area contributed by atoms with Crippen molar-refractivity contribution in [2.45, 2.75) is 46.2 Å². The van der Waals surface area contributed by atoms with Gasteiger partial charge in [0.2, 0.25) is 21.8 Å². The van der Waals surface area contributed by atoms with Gasteiger partial charge in [-0.25, -0.2) is 8.42 Å². The summed E-state index contributed by atoms with van der Waals surface area (Å²) in [5.41, 5.74) is 1.92. The zero-order chi connectivity index (χ0) is 25.5. The van der Waals surface area contributed by atoms with Crippen LogP contribution in [0.5, 0.6) is 0 Å². The number of carbonyl (C=O) groups is 2. The molecular formula is C24H31Cl2N3O4S. The maximum Gasteiger partial charge on any atom is 0.244 e. The first-order valence-corrected chi connectivity index (χ1v) is 13.6. The van der Waals surface area contributed by atoms with E-state index in [0.717, 1.165) is 29.0 Å². The highest BCUT2D eigenvalue weighted by molar-refractivity contribution is 7.92. The van der Waals surface area contributed by atoms with Crippen LogP contribution in [0.4, 0.5) is 5.69 Å². The molecular weight excluding hydrogens is 497 g/mol. The number of hydrogen-bond donors (Lipinski definition) is 1. The smallest absolute Gasteiger partial charge is 0.244 e. The Bertz CT molecular complexity index is 1110. The summed E-state index contributed by atoms with van der Waals surface area (Å²) in [5, 5.41) is 3.62. The molecule has 7 nitrogen and oxygen atoms in total. The highest BCUT2D eigenvalue weighted by Gasteiger charge is 2.30. The third-order valence-corrected chi connectivity index (χ3v) is 7.08. The lowest BCUT2D eigenvalue weighted by atomic mass is 10.1. The number of carbonyl (C=O) groups excluding carboxylic acids is 2. The third-order valence-electron chi connectivity index (χ3n) is 5.35. The molecule has 0 aliphatic carbocycles. The first-order chi connectivity index (χ1) is 15.9. The van der Waals surface area contributed by atoms with Crippen LogP contribution in [0, 0.1) is 6.92 Å². The topological polar surface area (TPSA) is 86.8 Å². The predicted molar refractivity (Wildman–Crippen MR) is 138 cm³/mol. The van der Waals surface area contributed by atoms with E-state index in [1.165, 1.54) is 4.90 Å². The van der Waals surface area contributed by atoms with Crippen LogP contribution in [0.3, 0.4) is 0 Å². The quantitative estimate of drug-likeness (QED) is 0.438. The van der Waals surface area contributed by atoms with Crippen LogP contribution >= 0.6 is 23.2 Å². The van der Waals surface area contributed by atoms with Crippen LogP contribution in [-0.4, -0.2) is 50.5 Å². The summed E-state index contributed by atoms with van der Waals surface area (Å²) in [7, 11) is -3.77. The first kappa shape index (κ1) is 28.0. The van der Waals surface area contributed by atoms with E-state index in [2.05, 4.69) is 5.32 Å². The molecule has 186 valence electrons. The van der Waals surface area contributed by atoms with Gasteiger partial charge >= 0.3 is 0 Å². The molecule has 0 aliphatic heterocycles. The van der Waals surface area contributed by atoms with E-state index in [-0.39, 0.29) is 12.5 Å². The Morgan fingerprint density at radius 2 is 1.74 bits per heavy atom. The van der Waals surface area contributed by atoms with Crippen molar-refractivity contribution in [3.8, 4) is 0 Å². The first-order valence-electron chi connectivity index (χ1n) is 11.0. The van der Waals surface area contributed by atoms with E-state index in [0.29, 0.717) is 27.8 Å². The van der Waals surface area contributed by atoms with Crippen molar-refractivity contribution in [1.29, 1.82) is 0 Å². The fraction of sp³-hybridized carbons (Fsp3) is 0.417. The van der Waals surface area contributed by atoms with Gasteiger partial charge in [-0.2, -0.15) is 0 Å². The maximum atomic E-state index is 13.5. The standard InChI is InChI=1S/C24H31Cl2N3O4S/c1-5-6-13-27-24(31)18(3)28(15-19-9-10-20(25)14-22(19)26)23(30)16-29(34(4,32)33)21-11-7-17(2)8-12-21/h7-12,14,18H,5-6,13,15-16H2,1-4H3,(H,27,31). The Morgan fingerprint density at radius 1 is 1.09 bits per heavy atom. The number of benzene rings is 2. The number of nitrogens with zero attached hydrogens (tertiary/aromatic N) is 2. The van der Waals surface area contributed by atoms with E-state index >= 15 is 0 Å². The zero-order valence-electron chi connectivity index (χ0n) is 19.8. The molecule has 0 saturated carbocycles. The van der Waals surface area contributed by atoms with Crippen molar-refractivity contribution in [2.75, 3.05) is 23.7 Å². The number of amides is 2. The fourth-order valence-corrected chi connectivity index (χ4v) is 4.59. The number of halogens is 2. The molecule has 2 aromatic rings. The minimum Gasteiger partial charge on any atom is -0.354 e. The van der Waals surface area contributed by atoms with Gasteiger partial charge in [-0.3, -0.25) is 13.9 Å². The van der Waals surface area contributed by atoms with Crippen LogP contribution in [0.2, 0.25) is 10.0 Å². The average molecular weight is 529 g/mol. The van der Waals surface area contributed by atoms with Gasteiger partial charge in [-0.15, -0.1) is 0 Å². The number of unbranched alkanes of at least 4 members (excludes halogenated alkanes) is 1. The summed E-state index contributed by atoms with van der Waals surface area (Å²) in [5.74, 6) is -0.858. The van der Waals surface area contributed by atoms with Crippen molar-refractivity contribution in [1.82, 2.24) is 10.2 Å². The summed E-state index contributed by atoms with van der Waals surface area (Å²) in [4.78, 5) is 27.6. The summed E-state index contributed by atoms with van der Waals surface area (Å²) >= 11 is 12.3. The van der Waals surface area contributed by atoms with Gasteiger partial charge in [0.25, 0.3) is 0 Å². The molecule has 0 heterocycles. The van der Waals surface area contributed by atoms with Crippen LogP contribution in [0.25, 0.3) is 0 Å². The lowest BCUT2D eigenvalue weighted by Gasteiger charge is -2.31. The molecule has 0 aromatic heterocycles. The van der Waals surface area contributed by atoms with Crippen molar-refractivity contribution >= 4 is 50.7 Å². The molecule has 1 unspecified atom stereocenters. The Labute approximate surface area is 212 Å². The molecule has 34 heavy (non-hydrogen) atoms. The second-order valence-electron chi connectivity index (χ2n) is 8.18. The lowest BCUT2D eigenvalue weighted by molar-refractivity contribution is -0.139. The molecule has 2 amide bonds. The van der Waals surface area contributed by atoms with Gasteiger partial charge < -0.3 is 10.2 Å². The fourth-order valence-electron chi connectivity index (χ4n) is 3.28. The Hall–Kier alpha value is -2.29. The molecule has 0 fully saturated rings. The van der Waals surface area contributed by atoms with Gasteiger partial charge in [0.15, 0.2) is 0 Å². The average Bonchev–Trinajstić information content (AvgIpc) is 2.76. The Balaban J connectivity index is 2.37. The molecule has 1 N–H and O–H groups in total. The monoisotopic (exact) mass is 527 g/mol. The number of rotatable bonds is 11. The van der Waals surface area contributed by atoms with E-state index < -0.39 is 28.5 Å². The van der Waals surface area contributed by atoms with E-state index in [1.807, 2.05) is 13.8 Å². The summed E-state index contributed by atoms with van der Waals surface area (Å²) in [6.07, 6.45) is 2.77. The van der Waals surface area contributed by atoms with Gasteiger partial charge in [0.1, 0.15) is 12.6 Å². The van der Waals surface area contributed by atoms with E-state index in [1.54, 1.807) is 49.4 Å².